The van der Waals surface area contributed by atoms with E-state index in [1.807, 2.05) is 0 Å². The van der Waals surface area contributed by atoms with Crippen LogP contribution in [0.15, 0.2) is 11.6 Å². The molecule has 3 saturated carbocycles. The van der Waals surface area contributed by atoms with Crippen molar-refractivity contribution in [3.8, 4) is 0 Å². The van der Waals surface area contributed by atoms with E-state index in [0.29, 0.717) is 12.8 Å². The summed E-state index contributed by atoms with van der Waals surface area (Å²) in [6, 6.07) is 0. The summed E-state index contributed by atoms with van der Waals surface area (Å²) in [5.74, 6) is 0.502. The van der Waals surface area contributed by atoms with Gasteiger partial charge in [-0.25, -0.2) is 0 Å². The monoisotopic (exact) mass is 360 g/mol. The van der Waals surface area contributed by atoms with Crippen LogP contribution in [0.3, 0.4) is 0 Å². The smallest absolute Gasteiger partial charge is 0.165 e. The van der Waals surface area contributed by atoms with Crippen molar-refractivity contribution in [2.45, 2.75) is 70.2 Å². The first-order valence-electron chi connectivity index (χ1n) is 10.1. The predicted octanol–water partition coefficient (Wildman–Crippen LogP) is 2.15. The Morgan fingerprint density at radius 1 is 1.19 bits per heavy atom. The summed E-state index contributed by atoms with van der Waals surface area (Å²) in [5, 5.41) is 20.5. The molecule has 142 valence electrons. The van der Waals surface area contributed by atoms with Crippen LogP contribution in [0.25, 0.3) is 0 Å². The van der Waals surface area contributed by atoms with Crippen LogP contribution in [0.1, 0.15) is 58.3 Å². The van der Waals surface area contributed by atoms with Gasteiger partial charge in [0.05, 0.1) is 5.60 Å². The molecule has 0 aromatic carbocycles. The van der Waals surface area contributed by atoms with Gasteiger partial charge >= 0.3 is 0 Å². The average Bonchev–Trinajstić information content (AvgIpc) is 3.05. The second kappa shape index (κ2) is 5.27. The molecule has 1 aliphatic heterocycles. The number of aliphatic hydroxyl groups is 2. The van der Waals surface area contributed by atoms with Crippen molar-refractivity contribution in [1.29, 1.82) is 0 Å². The maximum Gasteiger partial charge on any atom is 0.165 e. The molecule has 2 bridgehead atoms. The van der Waals surface area contributed by atoms with Gasteiger partial charge in [-0.1, -0.05) is 12.5 Å². The van der Waals surface area contributed by atoms with Crippen molar-refractivity contribution < 1.29 is 24.5 Å². The third-order valence-electron chi connectivity index (χ3n) is 8.93. The highest BCUT2D eigenvalue weighted by Crippen LogP contribution is 2.73. The van der Waals surface area contributed by atoms with Crippen LogP contribution in [0.2, 0.25) is 0 Å². The Bertz CT molecular complexity index is 713. The molecule has 0 amide bonds. The maximum atomic E-state index is 12.4. The molecule has 1 heterocycles. The van der Waals surface area contributed by atoms with Crippen LogP contribution in [-0.2, 0) is 14.3 Å². The highest BCUT2D eigenvalue weighted by Gasteiger charge is 2.74. The Labute approximate surface area is 153 Å². The zero-order chi connectivity index (χ0) is 18.3. The largest absolute Gasteiger partial charge is 0.389 e. The number of ether oxygens (including phenoxy) is 1. The summed E-state index contributed by atoms with van der Waals surface area (Å²) < 4.78 is 6.44. The molecule has 4 fully saturated rings. The van der Waals surface area contributed by atoms with E-state index >= 15 is 0 Å². The quantitative estimate of drug-likeness (QED) is 0.788. The molecule has 2 N–H and O–H groups in total. The minimum absolute atomic E-state index is 0.0437. The lowest BCUT2D eigenvalue weighted by molar-refractivity contribution is -0.199. The minimum atomic E-state index is -0.843. The molecule has 0 aromatic heterocycles. The fraction of sp³-hybridized carbons (Fsp3) is 0.810. The molecule has 7 unspecified atom stereocenters. The van der Waals surface area contributed by atoms with Crippen molar-refractivity contribution in [2.24, 2.45) is 28.6 Å². The number of carbonyl (C=O) groups is 2. The Balaban J connectivity index is 1.59. The highest BCUT2D eigenvalue weighted by molar-refractivity contribution is 5.91. The number of Topliss-reactive ketones (excluding diaryl/α,β-unsaturated/α-hetero) is 1. The fourth-order valence-electron chi connectivity index (χ4n) is 7.92. The number of carbonyl (C=O) groups excluding carboxylic acids is 2. The molecule has 0 radical (unpaired) electrons. The second-order valence-corrected chi connectivity index (χ2v) is 9.51. The molecule has 7 atom stereocenters. The van der Waals surface area contributed by atoms with E-state index in [4.69, 9.17) is 4.74 Å². The minimum Gasteiger partial charge on any atom is -0.389 e. The van der Waals surface area contributed by atoms with E-state index in [-0.39, 0.29) is 46.9 Å². The van der Waals surface area contributed by atoms with Gasteiger partial charge in [-0.3, -0.25) is 9.59 Å². The second-order valence-electron chi connectivity index (χ2n) is 9.51. The van der Waals surface area contributed by atoms with Gasteiger partial charge in [0.1, 0.15) is 6.61 Å². The van der Waals surface area contributed by atoms with Gasteiger partial charge in [0.25, 0.3) is 0 Å². The Kier molecular flexibility index (Phi) is 3.46. The van der Waals surface area contributed by atoms with Crippen LogP contribution in [-0.4, -0.2) is 40.3 Å². The molecule has 26 heavy (non-hydrogen) atoms. The standard InChI is InChI=1S/C21H28O5/c1-19-7-6-17-20-8-5-13(23)10-12(20)4-9-21(17,26-18(20)25)16(19)3-2-14(19)15(24)11-22/h10,14,16-18,22,25H,2-9,11H2,1H3. The van der Waals surface area contributed by atoms with Crippen molar-refractivity contribution in [1.82, 2.24) is 0 Å². The Morgan fingerprint density at radius 2 is 2.00 bits per heavy atom. The van der Waals surface area contributed by atoms with Gasteiger partial charge in [0.15, 0.2) is 17.9 Å². The fourth-order valence-corrected chi connectivity index (χ4v) is 7.92. The summed E-state index contributed by atoms with van der Waals surface area (Å²) in [5.41, 5.74) is 0.165. The zero-order valence-electron chi connectivity index (χ0n) is 15.4. The van der Waals surface area contributed by atoms with Crippen LogP contribution >= 0.6 is 0 Å². The van der Waals surface area contributed by atoms with E-state index < -0.39 is 11.7 Å². The summed E-state index contributed by atoms with van der Waals surface area (Å²) in [6.07, 6.45) is 7.34. The molecule has 4 aliphatic carbocycles. The van der Waals surface area contributed by atoms with E-state index in [0.717, 1.165) is 44.1 Å². The predicted molar refractivity (Wildman–Crippen MR) is 93.0 cm³/mol. The molecule has 5 rings (SSSR count). The van der Waals surface area contributed by atoms with Gasteiger partial charge in [-0.15, -0.1) is 0 Å². The number of hydrogen-bond acceptors (Lipinski definition) is 5. The van der Waals surface area contributed by atoms with Gasteiger partial charge in [0.2, 0.25) is 0 Å². The summed E-state index contributed by atoms with van der Waals surface area (Å²) in [4.78, 5) is 24.4. The average molecular weight is 360 g/mol. The van der Waals surface area contributed by atoms with Crippen LogP contribution in [0.4, 0.5) is 0 Å². The van der Waals surface area contributed by atoms with E-state index in [2.05, 4.69) is 6.92 Å². The maximum absolute atomic E-state index is 12.4. The molecular weight excluding hydrogens is 332 g/mol. The van der Waals surface area contributed by atoms with Gasteiger partial charge in [-0.05, 0) is 62.4 Å². The van der Waals surface area contributed by atoms with Gasteiger partial charge in [0, 0.05) is 23.7 Å². The third kappa shape index (κ3) is 1.78. The lowest BCUT2D eigenvalue weighted by Gasteiger charge is -2.58. The molecule has 1 spiro atoms. The third-order valence-corrected chi connectivity index (χ3v) is 8.93. The van der Waals surface area contributed by atoms with Gasteiger partial charge in [-0.2, -0.15) is 0 Å². The molecule has 0 aromatic rings. The lowest BCUT2D eigenvalue weighted by atomic mass is 9.45. The number of fused-ring (bicyclic) bond motifs is 1. The Morgan fingerprint density at radius 3 is 2.77 bits per heavy atom. The summed E-state index contributed by atoms with van der Waals surface area (Å²) in [7, 11) is 0. The first kappa shape index (κ1) is 17.1. The van der Waals surface area contributed by atoms with Crippen molar-refractivity contribution >= 4 is 11.6 Å². The van der Waals surface area contributed by atoms with Crippen molar-refractivity contribution in [3.63, 3.8) is 0 Å². The summed E-state index contributed by atoms with van der Waals surface area (Å²) >= 11 is 0. The van der Waals surface area contributed by atoms with E-state index in [1.165, 1.54) is 0 Å². The summed E-state index contributed by atoms with van der Waals surface area (Å²) in [6.45, 7) is 1.82. The van der Waals surface area contributed by atoms with E-state index in [9.17, 15) is 19.8 Å². The van der Waals surface area contributed by atoms with Crippen LogP contribution in [0.5, 0.6) is 0 Å². The number of aliphatic hydroxyl groups excluding tert-OH is 2. The topological polar surface area (TPSA) is 83.8 Å². The number of rotatable bonds is 2. The molecule has 5 aliphatic rings. The zero-order valence-corrected chi connectivity index (χ0v) is 15.4. The van der Waals surface area contributed by atoms with Crippen LogP contribution in [0, 0.1) is 28.6 Å². The molecule has 1 saturated heterocycles. The first-order valence-corrected chi connectivity index (χ1v) is 10.1. The normalized spacial score (nSPS) is 52.1. The number of hydrogen-bond donors (Lipinski definition) is 2. The van der Waals surface area contributed by atoms with Crippen molar-refractivity contribution in [2.75, 3.05) is 6.61 Å². The van der Waals surface area contributed by atoms with E-state index in [1.54, 1.807) is 6.08 Å². The molecular formula is C21H28O5. The van der Waals surface area contributed by atoms with Crippen molar-refractivity contribution in [3.05, 3.63) is 11.6 Å². The SMILES string of the molecule is CC12CCC3C4(CCC5=CC(=O)CCC53C(O)O4)C1CCC2C(=O)CO. The highest BCUT2D eigenvalue weighted by atomic mass is 16.6. The molecule has 5 nitrogen and oxygen atoms in total. The first-order chi connectivity index (χ1) is 12.4. The molecule has 5 heteroatoms. The van der Waals surface area contributed by atoms with Crippen LogP contribution < -0.4 is 0 Å². The number of ketones is 2. The van der Waals surface area contributed by atoms with Gasteiger partial charge < -0.3 is 14.9 Å². The Hall–Kier alpha value is -1.04. The lowest BCUT2D eigenvalue weighted by Crippen LogP contribution is -2.59.